The summed E-state index contributed by atoms with van der Waals surface area (Å²) < 4.78 is 12.9. The van der Waals surface area contributed by atoms with E-state index in [9.17, 15) is 4.79 Å². The summed E-state index contributed by atoms with van der Waals surface area (Å²) in [6.45, 7) is 0.181. The summed E-state index contributed by atoms with van der Waals surface area (Å²) in [5.74, 6) is 1.25. The predicted octanol–water partition coefficient (Wildman–Crippen LogP) is 2.84. The molecule has 0 amide bonds. The fourth-order valence-electron chi connectivity index (χ4n) is 2.80. The molecule has 1 aliphatic rings. The van der Waals surface area contributed by atoms with Gasteiger partial charge in [0.25, 0.3) is 5.56 Å². The van der Waals surface area contributed by atoms with Gasteiger partial charge in [-0.25, -0.2) is 9.38 Å². The zero-order valence-corrected chi connectivity index (χ0v) is 13.7. The van der Waals surface area contributed by atoms with Gasteiger partial charge in [0.1, 0.15) is 0 Å². The van der Waals surface area contributed by atoms with Crippen molar-refractivity contribution in [3.8, 4) is 11.5 Å². The Kier molecular flexibility index (Phi) is 2.86. The fourth-order valence-corrected chi connectivity index (χ4v) is 3.98. The maximum Gasteiger partial charge on any atom is 0.274 e. The van der Waals surface area contributed by atoms with E-state index in [1.807, 2.05) is 24.3 Å². The lowest BCUT2D eigenvalue weighted by Gasteiger charge is -2.00. The highest BCUT2D eigenvalue weighted by atomic mass is 35.5. The number of fused-ring (bicyclic) bond motifs is 4. The molecule has 0 N–H and O–H groups in total. The number of halogens is 1. The molecule has 5 rings (SSSR count). The second-order valence-corrected chi connectivity index (χ2v) is 6.78. The van der Waals surface area contributed by atoms with Crippen LogP contribution in [0.1, 0.15) is 5.56 Å². The highest BCUT2D eigenvalue weighted by Gasteiger charge is 2.16. The Labute approximate surface area is 144 Å². The third-order valence-corrected chi connectivity index (χ3v) is 5.22. The van der Waals surface area contributed by atoms with Gasteiger partial charge in [0.15, 0.2) is 16.5 Å². The van der Waals surface area contributed by atoms with Crippen molar-refractivity contribution in [3.05, 3.63) is 61.9 Å². The molecule has 0 saturated heterocycles. The molecule has 0 unspecified atom stereocenters. The molecule has 0 fully saturated rings. The summed E-state index contributed by atoms with van der Waals surface area (Å²) in [4.78, 5) is 17.9. The van der Waals surface area contributed by atoms with Crippen molar-refractivity contribution >= 4 is 45.0 Å². The molecule has 0 bridgehead atoms. The van der Waals surface area contributed by atoms with Crippen LogP contribution in [0.3, 0.4) is 0 Å². The van der Waals surface area contributed by atoms with E-state index in [-0.39, 0.29) is 12.4 Å². The van der Waals surface area contributed by atoms with Gasteiger partial charge in [-0.15, -0.1) is 0 Å². The van der Waals surface area contributed by atoms with E-state index >= 15 is 0 Å². The number of thiazole rings is 1. The first-order valence-electron chi connectivity index (χ1n) is 7.21. The summed E-state index contributed by atoms with van der Waals surface area (Å²) >= 11 is 7.63. The average molecular weight is 357 g/mol. The van der Waals surface area contributed by atoms with Gasteiger partial charge >= 0.3 is 0 Å². The Morgan fingerprint density at radius 1 is 1.21 bits per heavy atom. The molecule has 5 nitrogen and oxygen atoms in total. The van der Waals surface area contributed by atoms with Crippen LogP contribution >= 0.6 is 22.9 Å². The van der Waals surface area contributed by atoms with Crippen molar-refractivity contribution < 1.29 is 9.47 Å². The molecule has 2 aromatic heterocycles. The summed E-state index contributed by atoms with van der Waals surface area (Å²) in [6, 6.07) is 11.1. The predicted molar refractivity (Wildman–Crippen MR) is 93.2 cm³/mol. The number of imidazole rings is 1. The Hall–Kier alpha value is -2.57. The van der Waals surface area contributed by atoms with Crippen LogP contribution in [0.2, 0.25) is 5.02 Å². The Morgan fingerprint density at radius 3 is 2.88 bits per heavy atom. The molecular formula is C17H9ClN2O3S. The van der Waals surface area contributed by atoms with Crippen molar-refractivity contribution in [1.29, 1.82) is 0 Å². The van der Waals surface area contributed by atoms with Crippen LogP contribution in [-0.2, 0) is 0 Å². The minimum absolute atomic E-state index is 0.0996. The van der Waals surface area contributed by atoms with Crippen molar-refractivity contribution in [2.75, 3.05) is 6.79 Å². The van der Waals surface area contributed by atoms with E-state index in [0.717, 1.165) is 11.0 Å². The van der Waals surface area contributed by atoms with E-state index in [1.165, 1.54) is 11.3 Å². The molecule has 118 valence electrons. The molecule has 0 atom stereocenters. The highest BCUT2D eigenvalue weighted by Crippen LogP contribution is 2.37. The number of ether oxygens (including phenoxy) is 2. The molecule has 2 aromatic carbocycles. The van der Waals surface area contributed by atoms with Gasteiger partial charge in [-0.2, -0.15) is 0 Å². The minimum Gasteiger partial charge on any atom is -0.454 e. The Bertz CT molecular complexity index is 1230. The Balaban J connectivity index is 1.76. The second-order valence-electron chi connectivity index (χ2n) is 5.36. The number of hydrogen-bond acceptors (Lipinski definition) is 5. The SMILES string of the molecule is O=c1c(=Cc2cc3c(cc2Cl)OCO3)sc2nc3ccccc3n12. The third-order valence-electron chi connectivity index (χ3n) is 3.92. The fraction of sp³-hybridized carbons (Fsp3) is 0.0588. The molecule has 0 spiro atoms. The molecule has 3 heterocycles. The van der Waals surface area contributed by atoms with Crippen molar-refractivity contribution in [1.82, 2.24) is 9.38 Å². The number of nitrogens with zero attached hydrogens (tertiary/aromatic N) is 2. The molecule has 1 aliphatic heterocycles. The molecule has 0 saturated carbocycles. The summed E-state index contributed by atoms with van der Waals surface area (Å²) in [5.41, 5.74) is 2.24. The van der Waals surface area contributed by atoms with Gasteiger partial charge in [-0.05, 0) is 29.8 Å². The molecule has 0 aliphatic carbocycles. The Morgan fingerprint density at radius 2 is 2.00 bits per heavy atom. The summed E-state index contributed by atoms with van der Waals surface area (Å²) in [6.07, 6.45) is 1.76. The number of para-hydroxylation sites is 2. The molecule has 0 radical (unpaired) electrons. The number of benzene rings is 2. The smallest absolute Gasteiger partial charge is 0.274 e. The molecular weight excluding hydrogens is 348 g/mol. The van der Waals surface area contributed by atoms with Gasteiger partial charge in [0.2, 0.25) is 6.79 Å². The lowest BCUT2D eigenvalue weighted by atomic mass is 10.2. The first kappa shape index (κ1) is 13.8. The lowest BCUT2D eigenvalue weighted by Crippen LogP contribution is -2.22. The van der Waals surface area contributed by atoms with Gasteiger partial charge in [0.05, 0.1) is 20.6 Å². The van der Waals surface area contributed by atoms with E-state index in [2.05, 4.69) is 4.98 Å². The van der Waals surface area contributed by atoms with Crippen molar-refractivity contribution in [2.24, 2.45) is 0 Å². The van der Waals surface area contributed by atoms with Crippen LogP contribution in [0.15, 0.2) is 41.2 Å². The van der Waals surface area contributed by atoms with Crippen LogP contribution in [-0.4, -0.2) is 16.2 Å². The van der Waals surface area contributed by atoms with E-state index < -0.39 is 0 Å². The lowest BCUT2D eigenvalue weighted by molar-refractivity contribution is 0.174. The van der Waals surface area contributed by atoms with Gasteiger partial charge in [0, 0.05) is 6.07 Å². The van der Waals surface area contributed by atoms with Crippen molar-refractivity contribution in [3.63, 3.8) is 0 Å². The molecule has 24 heavy (non-hydrogen) atoms. The van der Waals surface area contributed by atoms with Gasteiger partial charge < -0.3 is 9.47 Å². The molecule has 7 heteroatoms. The van der Waals surface area contributed by atoms with Crippen LogP contribution in [0.25, 0.3) is 22.1 Å². The highest BCUT2D eigenvalue weighted by molar-refractivity contribution is 7.15. The summed E-state index contributed by atoms with van der Waals surface area (Å²) in [7, 11) is 0. The summed E-state index contributed by atoms with van der Waals surface area (Å²) in [5, 5.41) is 0.509. The monoisotopic (exact) mass is 356 g/mol. The minimum atomic E-state index is -0.0996. The number of rotatable bonds is 1. The van der Waals surface area contributed by atoms with E-state index in [1.54, 1.807) is 22.6 Å². The second kappa shape index (κ2) is 4.96. The van der Waals surface area contributed by atoms with Crippen LogP contribution < -0.4 is 19.6 Å². The first-order valence-corrected chi connectivity index (χ1v) is 8.41. The van der Waals surface area contributed by atoms with Crippen LogP contribution in [0.5, 0.6) is 11.5 Å². The standard InChI is InChI=1S/C17H9ClN2O3S/c18-10-7-14-13(22-8-23-14)5-9(10)6-15-16(21)20-12-4-2-1-3-11(12)19-17(20)24-15/h1-7H,8H2. The van der Waals surface area contributed by atoms with E-state index in [0.29, 0.717) is 31.6 Å². The third kappa shape index (κ3) is 1.93. The largest absolute Gasteiger partial charge is 0.454 e. The van der Waals surface area contributed by atoms with Crippen molar-refractivity contribution in [2.45, 2.75) is 0 Å². The quantitative estimate of drug-likeness (QED) is 0.526. The van der Waals surface area contributed by atoms with Gasteiger partial charge in [-0.3, -0.25) is 4.79 Å². The zero-order chi connectivity index (χ0) is 16.3. The van der Waals surface area contributed by atoms with Gasteiger partial charge in [-0.1, -0.05) is 35.1 Å². The van der Waals surface area contributed by atoms with Crippen LogP contribution in [0, 0.1) is 0 Å². The normalized spacial score (nSPS) is 14.1. The first-order chi connectivity index (χ1) is 11.7. The molecule has 4 aromatic rings. The maximum atomic E-state index is 12.8. The van der Waals surface area contributed by atoms with Crippen LogP contribution in [0.4, 0.5) is 0 Å². The zero-order valence-electron chi connectivity index (χ0n) is 12.2. The topological polar surface area (TPSA) is 52.8 Å². The number of aromatic nitrogens is 2. The average Bonchev–Trinajstić information content (AvgIpc) is 3.23. The number of hydrogen-bond donors (Lipinski definition) is 0. The van der Waals surface area contributed by atoms with E-state index in [4.69, 9.17) is 21.1 Å². The maximum absolute atomic E-state index is 12.8.